The number of aliphatic hydroxyl groups is 1. The zero-order valence-corrected chi connectivity index (χ0v) is 6.43. The van der Waals surface area contributed by atoms with Gasteiger partial charge >= 0.3 is 51.7 Å². The van der Waals surface area contributed by atoms with Crippen molar-refractivity contribution in [2.24, 2.45) is 0 Å². The molecule has 0 amide bonds. The van der Waals surface area contributed by atoms with Gasteiger partial charge in [-0.2, -0.15) is 0 Å². The average molecular weight is 219 g/mol. The first-order valence-electron chi connectivity index (χ1n) is 3.17. The fourth-order valence-corrected chi connectivity index (χ4v) is 0.714. The summed E-state index contributed by atoms with van der Waals surface area (Å²) in [6.07, 6.45) is -2.29. The van der Waals surface area contributed by atoms with Crippen molar-refractivity contribution in [2.45, 2.75) is 18.4 Å². The number of carbonyl (C=O) groups is 3. The predicted octanol–water partition coefficient (Wildman–Crippen LogP) is -1.56. The number of hydrogen-bond acceptors (Lipinski definition) is 4. The van der Waals surface area contributed by atoms with Crippen molar-refractivity contribution in [3.8, 4) is 0 Å². The minimum absolute atomic E-state index is 0. The Kier molecular flexibility index (Phi) is 6.75. The summed E-state index contributed by atoms with van der Waals surface area (Å²) in [5, 5.41) is 33.8. The van der Waals surface area contributed by atoms with Crippen LogP contribution in [-0.2, 0) is 14.4 Å². The minimum atomic E-state index is -2.74. The first kappa shape index (κ1) is 15.8. The van der Waals surface area contributed by atoms with E-state index in [2.05, 4.69) is 0 Å². The average Bonchev–Trinajstić information content (AvgIpc) is 1.82. The van der Waals surface area contributed by atoms with Gasteiger partial charge in [0.05, 0.1) is 12.8 Å². The Morgan fingerprint density at radius 1 is 1.00 bits per heavy atom. The summed E-state index contributed by atoms with van der Waals surface area (Å²) in [6, 6.07) is 0. The van der Waals surface area contributed by atoms with E-state index in [9.17, 15) is 14.4 Å². The molecule has 0 aromatic heterocycles. The molecular formula is C6H12NaO7+3. The molecule has 8 heteroatoms. The molecule has 76 valence electrons. The predicted molar refractivity (Wildman–Crippen MR) is 47.6 cm³/mol. The van der Waals surface area contributed by atoms with Gasteiger partial charge in [0, 0.05) is 0 Å². The molecule has 4 N–H and O–H groups in total. The molecule has 0 aliphatic carbocycles. The van der Waals surface area contributed by atoms with Crippen LogP contribution < -0.4 is 0 Å². The fraction of sp³-hybridized carbons (Fsp3) is 0.500. The maximum absolute atomic E-state index is 10.3. The monoisotopic (exact) mass is 219 g/mol. The van der Waals surface area contributed by atoms with Gasteiger partial charge < -0.3 is 20.4 Å². The Balaban J connectivity index is -0.000000120. The normalized spacial score (nSPS) is 10.1. The zero-order chi connectivity index (χ0) is 10.6. The van der Waals surface area contributed by atoms with Gasteiger partial charge in [-0.3, -0.25) is 9.59 Å². The number of carboxylic acids is 3. The van der Waals surface area contributed by atoms with Crippen LogP contribution in [0.5, 0.6) is 0 Å². The van der Waals surface area contributed by atoms with E-state index < -0.39 is 36.4 Å². The molecule has 0 aliphatic rings. The number of aliphatic carboxylic acids is 3. The molecule has 0 spiro atoms. The Morgan fingerprint density at radius 3 is 1.43 bits per heavy atom. The summed E-state index contributed by atoms with van der Waals surface area (Å²) in [7, 11) is 0. The van der Waals surface area contributed by atoms with E-state index in [0.29, 0.717) is 0 Å². The van der Waals surface area contributed by atoms with Crippen LogP contribution in [0.25, 0.3) is 0 Å². The molecule has 0 aliphatic heterocycles. The Hall–Kier alpha value is -0.630. The molecule has 14 heavy (non-hydrogen) atoms. The topological polar surface area (TPSA) is 132 Å². The van der Waals surface area contributed by atoms with Crippen molar-refractivity contribution < 1.29 is 39.1 Å². The van der Waals surface area contributed by atoms with Gasteiger partial charge in [0.25, 0.3) is 0 Å². The van der Waals surface area contributed by atoms with Crippen LogP contribution in [-0.4, -0.2) is 73.5 Å². The van der Waals surface area contributed by atoms with Crippen LogP contribution in [0.3, 0.4) is 0 Å². The molecule has 0 fully saturated rings. The summed E-state index contributed by atoms with van der Waals surface area (Å²) in [5.41, 5.74) is -2.74. The molecule has 0 bridgehead atoms. The Bertz CT molecular complexity index is 244. The van der Waals surface area contributed by atoms with Crippen molar-refractivity contribution in [3.05, 3.63) is 0 Å². The van der Waals surface area contributed by atoms with E-state index >= 15 is 0 Å². The van der Waals surface area contributed by atoms with Crippen LogP contribution in [0.15, 0.2) is 0 Å². The van der Waals surface area contributed by atoms with Crippen LogP contribution in [0.1, 0.15) is 17.1 Å². The number of hydrogen-bond donors (Lipinski definition) is 4. The van der Waals surface area contributed by atoms with Crippen LogP contribution in [0, 0.1) is 0 Å². The molecule has 0 saturated carbocycles. The van der Waals surface area contributed by atoms with Gasteiger partial charge in [0.1, 0.15) is 0 Å². The summed E-state index contributed by atoms with van der Waals surface area (Å²) in [5.74, 6) is -5.02. The van der Waals surface area contributed by atoms with Crippen LogP contribution >= 0.6 is 0 Å². The third-order valence-corrected chi connectivity index (χ3v) is 1.29. The van der Waals surface area contributed by atoms with Gasteiger partial charge in [-0.25, -0.2) is 4.79 Å². The van der Waals surface area contributed by atoms with E-state index in [4.69, 9.17) is 20.4 Å². The quantitative estimate of drug-likeness (QED) is 0.411. The third-order valence-electron chi connectivity index (χ3n) is 1.29. The summed E-state index contributed by atoms with van der Waals surface area (Å²) in [6.45, 7) is 0. The van der Waals surface area contributed by atoms with Gasteiger partial charge in [-0.1, -0.05) is 0 Å². The summed E-state index contributed by atoms with van der Waals surface area (Å²) < 4.78 is 0. The van der Waals surface area contributed by atoms with Gasteiger partial charge in [0.15, 0.2) is 5.60 Å². The van der Waals surface area contributed by atoms with Crippen molar-refractivity contribution in [3.63, 3.8) is 0 Å². The zero-order valence-electron chi connectivity index (χ0n) is 9.43. The molecule has 0 rings (SSSR count). The molecule has 0 atom stereocenters. The van der Waals surface area contributed by atoms with E-state index in [1.54, 1.807) is 0 Å². The summed E-state index contributed by atoms with van der Waals surface area (Å²) >= 11 is 0. The fourth-order valence-electron chi connectivity index (χ4n) is 0.714. The van der Waals surface area contributed by atoms with Crippen LogP contribution in [0.4, 0.5) is 0 Å². The molecule has 0 unspecified atom stereocenters. The third kappa shape index (κ3) is 5.18. The molecule has 0 saturated heterocycles. The van der Waals surface area contributed by atoms with E-state index in [1.807, 2.05) is 0 Å². The molecule has 0 aromatic rings. The van der Waals surface area contributed by atoms with Gasteiger partial charge in [-0.05, 0) is 0 Å². The Morgan fingerprint density at radius 2 is 1.29 bits per heavy atom. The molecule has 0 aromatic carbocycles. The summed E-state index contributed by atoms with van der Waals surface area (Å²) in [4.78, 5) is 30.5. The van der Waals surface area contributed by atoms with Gasteiger partial charge in [0.2, 0.25) is 0 Å². The van der Waals surface area contributed by atoms with Crippen molar-refractivity contribution in [1.82, 2.24) is 0 Å². The number of rotatable bonds is 5. The van der Waals surface area contributed by atoms with Crippen molar-refractivity contribution in [1.29, 1.82) is 0 Å². The molecule has 7 nitrogen and oxygen atoms in total. The van der Waals surface area contributed by atoms with Gasteiger partial charge in [-0.15, -0.1) is 0 Å². The molecular weight excluding hydrogens is 207 g/mol. The van der Waals surface area contributed by atoms with Crippen molar-refractivity contribution in [2.75, 3.05) is 0 Å². The second-order valence-corrected chi connectivity index (χ2v) is 2.48. The first-order valence-corrected chi connectivity index (χ1v) is 3.17. The standard InChI is InChI=1S/C6H8O7.Na.H/c7-3(8)1-6(13,5(11)12)2-4(9)10;;/h13H,1-2H2,(H,7,8)(H,9,10)(H,11,12);;/p+3. The first-order chi connectivity index (χ1) is 5.78. The SMILES string of the molecule is O=C(O)CC(O)(CC(=O)O)C(=O)O.[H+].[H+].[H+].[NaH]. The molecule has 0 radical (unpaired) electrons. The van der Waals surface area contributed by atoms with Crippen LogP contribution in [0.2, 0.25) is 0 Å². The Labute approximate surface area is 105 Å². The van der Waals surface area contributed by atoms with Crippen molar-refractivity contribution >= 4 is 47.5 Å². The van der Waals surface area contributed by atoms with E-state index in [1.165, 1.54) is 0 Å². The maximum atomic E-state index is 10.3. The second kappa shape index (κ2) is 5.97. The van der Waals surface area contributed by atoms with E-state index in [0.717, 1.165) is 0 Å². The second-order valence-electron chi connectivity index (χ2n) is 2.48. The molecule has 0 heterocycles. The van der Waals surface area contributed by atoms with E-state index in [-0.39, 0.29) is 33.8 Å². The number of carboxylic acid groups (broad SMARTS) is 3.